The van der Waals surface area contributed by atoms with Crippen LogP contribution in [0.5, 0.6) is 5.75 Å². The van der Waals surface area contributed by atoms with Gasteiger partial charge in [0, 0.05) is 49.7 Å². The molecule has 6 nitrogen and oxygen atoms in total. The van der Waals surface area contributed by atoms with Gasteiger partial charge >= 0.3 is 5.63 Å². The summed E-state index contributed by atoms with van der Waals surface area (Å²) in [6.07, 6.45) is 2.10. The number of β-amino-alcohol motifs (C(OH)–C–C–N with tert-alkyl or cyclic N) is 1. The zero-order chi connectivity index (χ0) is 25.9. The molecule has 3 aromatic carbocycles. The highest BCUT2D eigenvalue weighted by atomic mass is 35.5. The highest BCUT2D eigenvalue weighted by molar-refractivity contribution is 5.85. The number of aliphatic hydroxyl groups is 1. The van der Waals surface area contributed by atoms with Gasteiger partial charge in [-0.25, -0.2) is 4.79 Å². The van der Waals surface area contributed by atoms with Crippen LogP contribution in [0.1, 0.15) is 34.7 Å². The number of aliphatic hydroxyl groups excluding tert-OH is 1. The number of ether oxygens (including phenoxy) is 1. The minimum atomic E-state index is -0.608. The maximum atomic E-state index is 12.3. The van der Waals surface area contributed by atoms with Gasteiger partial charge in [-0.05, 0) is 48.1 Å². The molecule has 2 heterocycles. The minimum Gasteiger partial charge on any atom is -0.491 e. The molecule has 2 aliphatic rings. The van der Waals surface area contributed by atoms with Gasteiger partial charge in [-0.3, -0.25) is 9.80 Å². The van der Waals surface area contributed by atoms with Crippen molar-refractivity contribution >= 4 is 35.8 Å². The van der Waals surface area contributed by atoms with E-state index in [1.54, 1.807) is 6.07 Å². The quantitative estimate of drug-likeness (QED) is 0.285. The molecule has 1 aliphatic heterocycles. The third-order valence-corrected chi connectivity index (χ3v) is 7.86. The lowest BCUT2D eigenvalue weighted by atomic mass is 9.96. The Kier molecular flexibility index (Phi) is 10.3. The molecular weight excluding hydrogens is 547 g/mol. The van der Waals surface area contributed by atoms with Crippen LogP contribution in [0.25, 0.3) is 11.0 Å². The fraction of sp³-hybridized carbons (Fsp3) is 0.344. The number of nitrogens with zero attached hydrogens (tertiary/aromatic N) is 2. The second-order valence-electron chi connectivity index (χ2n) is 10.4. The lowest BCUT2D eigenvalue weighted by molar-refractivity contribution is 0.0401. The molecule has 0 saturated carbocycles. The van der Waals surface area contributed by atoms with E-state index in [0.717, 1.165) is 62.0 Å². The van der Waals surface area contributed by atoms with Crippen LogP contribution in [0.4, 0.5) is 0 Å². The van der Waals surface area contributed by atoms with Crippen molar-refractivity contribution in [3.63, 3.8) is 0 Å². The maximum Gasteiger partial charge on any atom is 0.339 e. The van der Waals surface area contributed by atoms with E-state index in [1.807, 2.05) is 12.1 Å². The van der Waals surface area contributed by atoms with E-state index in [4.69, 9.17) is 9.15 Å². The Hall–Kier alpha value is -2.87. The topological polar surface area (TPSA) is 66.2 Å². The summed E-state index contributed by atoms with van der Waals surface area (Å²) in [5.41, 5.74) is 4.87. The fourth-order valence-corrected chi connectivity index (χ4v) is 5.99. The van der Waals surface area contributed by atoms with Crippen molar-refractivity contribution in [1.29, 1.82) is 0 Å². The van der Waals surface area contributed by atoms with Gasteiger partial charge < -0.3 is 14.3 Å². The summed E-state index contributed by atoms with van der Waals surface area (Å²) in [4.78, 5) is 17.1. The van der Waals surface area contributed by atoms with Gasteiger partial charge in [0.1, 0.15) is 24.0 Å². The molecule has 1 N–H and O–H groups in total. The summed E-state index contributed by atoms with van der Waals surface area (Å²) < 4.78 is 11.5. The molecule has 0 bridgehead atoms. The summed E-state index contributed by atoms with van der Waals surface area (Å²) in [6.45, 7) is 4.38. The van der Waals surface area contributed by atoms with Crippen LogP contribution >= 0.6 is 24.8 Å². The summed E-state index contributed by atoms with van der Waals surface area (Å²) in [5.74, 6) is 0.607. The Bertz CT molecular complexity index is 1400. The van der Waals surface area contributed by atoms with Crippen LogP contribution in [-0.4, -0.2) is 60.3 Å². The summed E-state index contributed by atoms with van der Waals surface area (Å²) in [7, 11) is 0. The average Bonchev–Trinajstić information content (AvgIpc) is 3.45. The van der Waals surface area contributed by atoms with Gasteiger partial charge in [0.05, 0.1) is 6.04 Å². The predicted molar refractivity (Wildman–Crippen MR) is 163 cm³/mol. The zero-order valence-corrected chi connectivity index (χ0v) is 24.0. The molecule has 1 aromatic heterocycles. The monoisotopic (exact) mass is 582 g/mol. The smallest absolute Gasteiger partial charge is 0.339 e. The van der Waals surface area contributed by atoms with Gasteiger partial charge in [-0.1, -0.05) is 60.7 Å². The van der Waals surface area contributed by atoms with Crippen molar-refractivity contribution in [3.05, 3.63) is 112 Å². The third-order valence-electron chi connectivity index (χ3n) is 7.86. The molecule has 8 heteroatoms. The van der Waals surface area contributed by atoms with E-state index in [9.17, 15) is 9.90 Å². The molecular formula is C32H36Cl2N2O4. The molecule has 0 amide bonds. The molecule has 4 aromatic rings. The largest absolute Gasteiger partial charge is 0.491 e. The molecule has 1 aliphatic carbocycles. The van der Waals surface area contributed by atoms with Crippen LogP contribution in [0.3, 0.4) is 0 Å². The van der Waals surface area contributed by atoms with Crippen molar-refractivity contribution in [2.75, 3.05) is 39.3 Å². The number of rotatable bonds is 8. The fourth-order valence-electron chi connectivity index (χ4n) is 5.99. The molecule has 212 valence electrons. The SMILES string of the molecule is Cl.Cl.O=c1oc2cc(OCC(O)CN3CCN(C(c4ccccc4)c4ccccc4)CC3)ccc2c2c1CCC2. The molecule has 40 heavy (non-hydrogen) atoms. The summed E-state index contributed by atoms with van der Waals surface area (Å²) in [5, 5.41) is 11.7. The second kappa shape index (κ2) is 13.7. The highest BCUT2D eigenvalue weighted by Crippen LogP contribution is 2.31. The lowest BCUT2D eigenvalue weighted by Crippen LogP contribution is -2.50. The Morgan fingerprint density at radius 2 is 1.45 bits per heavy atom. The molecule has 0 spiro atoms. The molecule has 1 fully saturated rings. The molecule has 1 saturated heterocycles. The number of piperazine rings is 1. The first-order valence-corrected chi connectivity index (χ1v) is 13.6. The van der Waals surface area contributed by atoms with Crippen LogP contribution in [-0.2, 0) is 12.8 Å². The van der Waals surface area contributed by atoms with Gasteiger partial charge in [0.15, 0.2) is 0 Å². The van der Waals surface area contributed by atoms with Crippen molar-refractivity contribution in [3.8, 4) is 5.75 Å². The van der Waals surface area contributed by atoms with Gasteiger partial charge in [0.25, 0.3) is 0 Å². The van der Waals surface area contributed by atoms with Crippen LogP contribution in [0.15, 0.2) is 88.1 Å². The first kappa shape index (κ1) is 30.1. The van der Waals surface area contributed by atoms with Gasteiger partial charge in [0.2, 0.25) is 0 Å². The van der Waals surface area contributed by atoms with E-state index in [1.165, 1.54) is 11.1 Å². The van der Waals surface area contributed by atoms with Crippen molar-refractivity contribution in [2.45, 2.75) is 31.4 Å². The minimum absolute atomic E-state index is 0. The number of hydrogen-bond acceptors (Lipinski definition) is 6. The van der Waals surface area contributed by atoms with E-state index in [-0.39, 0.29) is 43.1 Å². The molecule has 1 atom stereocenters. The Labute approximate surface area is 247 Å². The molecule has 0 radical (unpaired) electrons. The van der Waals surface area contributed by atoms with Crippen molar-refractivity contribution < 1.29 is 14.3 Å². The van der Waals surface area contributed by atoms with Crippen LogP contribution in [0.2, 0.25) is 0 Å². The highest BCUT2D eigenvalue weighted by Gasteiger charge is 2.27. The number of aryl methyl sites for hydroxylation is 1. The number of halogens is 2. The van der Waals surface area contributed by atoms with E-state index >= 15 is 0 Å². The predicted octanol–water partition coefficient (Wildman–Crippen LogP) is 5.27. The Morgan fingerprint density at radius 3 is 2.10 bits per heavy atom. The van der Waals surface area contributed by atoms with Crippen LogP contribution in [0, 0.1) is 0 Å². The van der Waals surface area contributed by atoms with E-state index in [2.05, 4.69) is 70.5 Å². The van der Waals surface area contributed by atoms with Gasteiger partial charge in [-0.15, -0.1) is 24.8 Å². The first-order chi connectivity index (χ1) is 18.7. The van der Waals surface area contributed by atoms with Crippen molar-refractivity contribution in [2.24, 2.45) is 0 Å². The number of fused-ring (bicyclic) bond motifs is 3. The summed E-state index contributed by atoms with van der Waals surface area (Å²) in [6, 6.07) is 27.2. The molecule has 6 rings (SSSR count). The first-order valence-electron chi connectivity index (χ1n) is 13.6. The number of benzene rings is 3. The average molecular weight is 584 g/mol. The maximum absolute atomic E-state index is 12.3. The zero-order valence-electron chi connectivity index (χ0n) is 22.4. The molecule has 1 unspecified atom stereocenters. The van der Waals surface area contributed by atoms with E-state index in [0.29, 0.717) is 17.9 Å². The van der Waals surface area contributed by atoms with E-state index < -0.39 is 6.10 Å². The summed E-state index contributed by atoms with van der Waals surface area (Å²) >= 11 is 0. The van der Waals surface area contributed by atoms with Crippen LogP contribution < -0.4 is 10.4 Å². The lowest BCUT2D eigenvalue weighted by Gasteiger charge is -2.40. The normalized spacial score (nSPS) is 16.2. The Balaban J connectivity index is 0.00000185. The third kappa shape index (κ3) is 6.54. The Morgan fingerprint density at radius 1 is 0.825 bits per heavy atom. The standard InChI is InChI=1S/C32H34N2O4.2ClH/c35-25(22-37-26-14-15-28-27-12-7-13-29(27)32(36)38-30(28)20-26)21-33-16-18-34(19-17-33)31(23-8-3-1-4-9-23)24-10-5-2-6-11-24;;/h1-6,8-11,14-15,20,25,31,35H,7,12-13,16-19,21-22H2;2*1H. The second-order valence-corrected chi connectivity index (χ2v) is 10.4. The van der Waals surface area contributed by atoms with Crippen molar-refractivity contribution in [1.82, 2.24) is 9.80 Å². The van der Waals surface area contributed by atoms with Gasteiger partial charge in [-0.2, -0.15) is 0 Å². The number of hydrogen-bond donors (Lipinski definition) is 1.